The summed E-state index contributed by atoms with van der Waals surface area (Å²) in [6.07, 6.45) is 6.78. The van der Waals surface area contributed by atoms with Crippen LogP contribution in [0.5, 0.6) is 0 Å². The predicted molar refractivity (Wildman–Crippen MR) is 80.8 cm³/mol. The first-order valence-corrected chi connectivity index (χ1v) is 7.61. The lowest BCUT2D eigenvalue weighted by molar-refractivity contribution is 0.302. The Morgan fingerprint density at radius 2 is 2.00 bits per heavy atom. The van der Waals surface area contributed by atoms with E-state index in [1.807, 2.05) is 0 Å². The Kier molecular flexibility index (Phi) is 4.50. The van der Waals surface area contributed by atoms with Crippen molar-refractivity contribution in [3.8, 4) is 0 Å². The maximum Gasteiger partial charge on any atom is 0.205 e. The minimum atomic E-state index is 0.298. The Labute approximate surface area is 117 Å². The third kappa shape index (κ3) is 3.11. The van der Waals surface area contributed by atoms with Gasteiger partial charge in [-0.1, -0.05) is 13.8 Å². The second-order valence-electron chi connectivity index (χ2n) is 5.88. The summed E-state index contributed by atoms with van der Waals surface area (Å²) in [6, 6.07) is 0. The Morgan fingerprint density at radius 1 is 1.32 bits per heavy atom. The molecule has 0 unspecified atom stereocenters. The molecule has 2 rings (SSSR count). The van der Waals surface area contributed by atoms with Crippen LogP contribution in [0.4, 0.5) is 5.95 Å². The molecule has 1 aliphatic rings. The SMILES string of the molecule is CCCn1cc(CC)nc1N1CCC(C)(NC)CC1. The van der Waals surface area contributed by atoms with Gasteiger partial charge in [0.05, 0.1) is 5.69 Å². The molecule has 0 atom stereocenters. The van der Waals surface area contributed by atoms with Crippen LogP contribution in [-0.4, -0.2) is 35.2 Å². The Balaban J connectivity index is 2.12. The highest BCUT2D eigenvalue weighted by atomic mass is 15.3. The summed E-state index contributed by atoms with van der Waals surface area (Å²) in [5.74, 6) is 1.18. The molecule has 2 heterocycles. The first-order valence-electron chi connectivity index (χ1n) is 7.61. The highest BCUT2D eigenvalue weighted by Crippen LogP contribution is 2.25. The monoisotopic (exact) mass is 264 g/mol. The van der Waals surface area contributed by atoms with E-state index in [-0.39, 0.29) is 0 Å². The quantitative estimate of drug-likeness (QED) is 0.886. The van der Waals surface area contributed by atoms with Crippen LogP contribution in [0.3, 0.4) is 0 Å². The lowest BCUT2D eigenvalue weighted by Gasteiger charge is -2.39. The van der Waals surface area contributed by atoms with E-state index >= 15 is 0 Å². The fourth-order valence-corrected chi connectivity index (χ4v) is 2.74. The number of hydrogen-bond donors (Lipinski definition) is 1. The van der Waals surface area contributed by atoms with Crippen molar-refractivity contribution in [2.45, 2.75) is 58.5 Å². The molecule has 4 heteroatoms. The topological polar surface area (TPSA) is 33.1 Å². The first kappa shape index (κ1) is 14.4. The molecule has 108 valence electrons. The maximum atomic E-state index is 4.81. The van der Waals surface area contributed by atoms with Crippen molar-refractivity contribution in [2.75, 3.05) is 25.0 Å². The largest absolute Gasteiger partial charge is 0.342 e. The number of nitrogens with zero attached hydrogens (tertiary/aromatic N) is 3. The van der Waals surface area contributed by atoms with Crippen LogP contribution in [0.1, 0.15) is 45.7 Å². The molecule has 0 aliphatic carbocycles. The predicted octanol–water partition coefficient (Wildman–Crippen LogP) is 2.43. The lowest BCUT2D eigenvalue weighted by atomic mass is 9.90. The third-order valence-electron chi connectivity index (χ3n) is 4.39. The summed E-state index contributed by atoms with van der Waals surface area (Å²) in [5, 5.41) is 3.45. The molecule has 1 saturated heterocycles. The summed E-state index contributed by atoms with van der Waals surface area (Å²) in [4.78, 5) is 7.27. The maximum absolute atomic E-state index is 4.81. The Hall–Kier alpha value is -1.03. The minimum Gasteiger partial charge on any atom is -0.342 e. The fraction of sp³-hybridized carbons (Fsp3) is 0.800. The summed E-state index contributed by atoms with van der Waals surface area (Å²) in [5.41, 5.74) is 1.51. The van der Waals surface area contributed by atoms with Gasteiger partial charge in [0.15, 0.2) is 0 Å². The minimum absolute atomic E-state index is 0.298. The molecule has 1 fully saturated rings. The third-order valence-corrected chi connectivity index (χ3v) is 4.39. The number of rotatable bonds is 5. The van der Waals surface area contributed by atoms with Crippen molar-refractivity contribution >= 4 is 5.95 Å². The van der Waals surface area contributed by atoms with Gasteiger partial charge in [-0.15, -0.1) is 0 Å². The van der Waals surface area contributed by atoms with E-state index in [4.69, 9.17) is 4.98 Å². The van der Waals surface area contributed by atoms with Crippen LogP contribution in [0.25, 0.3) is 0 Å². The smallest absolute Gasteiger partial charge is 0.205 e. The van der Waals surface area contributed by atoms with E-state index < -0.39 is 0 Å². The van der Waals surface area contributed by atoms with Crippen LogP contribution in [-0.2, 0) is 13.0 Å². The van der Waals surface area contributed by atoms with Crippen LogP contribution >= 0.6 is 0 Å². The molecule has 0 aromatic carbocycles. The molecule has 1 aliphatic heterocycles. The van der Waals surface area contributed by atoms with Crippen molar-refractivity contribution in [1.82, 2.24) is 14.9 Å². The Bertz CT molecular complexity index is 402. The number of hydrogen-bond acceptors (Lipinski definition) is 3. The number of imidazole rings is 1. The zero-order valence-electron chi connectivity index (χ0n) is 12.9. The summed E-state index contributed by atoms with van der Waals surface area (Å²) in [6.45, 7) is 9.99. The van der Waals surface area contributed by atoms with Gasteiger partial charge in [0.1, 0.15) is 0 Å². The van der Waals surface area contributed by atoms with Gasteiger partial charge < -0.3 is 14.8 Å². The Morgan fingerprint density at radius 3 is 2.53 bits per heavy atom. The summed E-state index contributed by atoms with van der Waals surface area (Å²) < 4.78 is 2.33. The average molecular weight is 264 g/mol. The number of nitrogens with one attached hydrogen (secondary N) is 1. The number of piperidine rings is 1. The average Bonchev–Trinajstić information content (AvgIpc) is 2.83. The number of aryl methyl sites for hydroxylation is 2. The molecular weight excluding hydrogens is 236 g/mol. The lowest BCUT2D eigenvalue weighted by Crippen LogP contribution is -2.50. The highest BCUT2D eigenvalue weighted by molar-refractivity contribution is 5.35. The van der Waals surface area contributed by atoms with Gasteiger partial charge in [-0.3, -0.25) is 0 Å². The van der Waals surface area contributed by atoms with E-state index in [2.05, 4.69) is 48.8 Å². The van der Waals surface area contributed by atoms with Crippen LogP contribution in [0, 0.1) is 0 Å². The molecule has 0 spiro atoms. The van der Waals surface area contributed by atoms with Crippen LogP contribution in [0.2, 0.25) is 0 Å². The van der Waals surface area contributed by atoms with Crippen molar-refractivity contribution < 1.29 is 0 Å². The molecule has 1 aromatic heterocycles. The van der Waals surface area contributed by atoms with Crippen molar-refractivity contribution in [3.63, 3.8) is 0 Å². The van der Waals surface area contributed by atoms with Gasteiger partial charge in [-0.05, 0) is 39.7 Å². The standard InChI is InChI=1S/C15H28N4/c1-5-9-19-12-13(6-2)17-14(19)18-10-7-15(3,16-4)8-11-18/h12,16H,5-11H2,1-4H3. The van der Waals surface area contributed by atoms with Crippen LogP contribution < -0.4 is 10.2 Å². The molecule has 1 aromatic rings. The van der Waals surface area contributed by atoms with E-state index in [1.165, 1.54) is 24.5 Å². The molecule has 1 N–H and O–H groups in total. The zero-order chi connectivity index (χ0) is 13.9. The van der Waals surface area contributed by atoms with Gasteiger partial charge in [0, 0.05) is 31.4 Å². The van der Waals surface area contributed by atoms with Gasteiger partial charge in [-0.2, -0.15) is 0 Å². The molecule has 19 heavy (non-hydrogen) atoms. The van der Waals surface area contributed by atoms with Gasteiger partial charge in [0.2, 0.25) is 5.95 Å². The van der Waals surface area contributed by atoms with E-state index in [1.54, 1.807) is 0 Å². The molecule has 0 saturated carbocycles. The van der Waals surface area contributed by atoms with Crippen molar-refractivity contribution in [1.29, 1.82) is 0 Å². The molecule has 4 nitrogen and oxygen atoms in total. The van der Waals surface area contributed by atoms with Gasteiger partial charge in [0.25, 0.3) is 0 Å². The first-order chi connectivity index (χ1) is 9.11. The molecule has 0 radical (unpaired) electrons. The second kappa shape index (κ2) is 5.95. The summed E-state index contributed by atoms with van der Waals surface area (Å²) >= 11 is 0. The molecule has 0 bridgehead atoms. The molecular formula is C15H28N4. The molecule has 0 amide bonds. The summed E-state index contributed by atoms with van der Waals surface area (Å²) in [7, 11) is 2.07. The fourth-order valence-electron chi connectivity index (χ4n) is 2.74. The van der Waals surface area contributed by atoms with Gasteiger partial charge >= 0.3 is 0 Å². The van der Waals surface area contributed by atoms with Crippen molar-refractivity contribution in [2.24, 2.45) is 0 Å². The van der Waals surface area contributed by atoms with E-state index in [0.29, 0.717) is 5.54 Å². The van der Waals surface area contributed by atoms with E-state index in [9.17, 15) is 0 Å². The van der Waals surface area contributed by atoms with Gasteiger partial charge in [-0.25, -0.2) is 4.98 Å². The van der Waals surface area contributed by atoms with Crippen molar-refractivity contribution in [3.05, 3.63) is 11.9 Å². The van der Waals surface area contributed by atoms with Crippen LogP contribution in [0.15, 0.2) is 6.20 Å². The highest BCUT2D eigenvalue weighted by Gasteiger charge is 2.29. The number of anilines is 1. The normalized spacial score (nSPS) is 18.8. The zero-order valence-corrected chi connectivity index (χ0v) is 12.9. The van der Waals surface area contributed by atoms with E-state index in [0.717, 1.165) is 32.5 Å². The second-order valence-corrected chi connectivity index (χ2v) is 5.88. The number of aromatic nitrogens is 2.